The van der Waals surface area contributed by atoms with Crippen molar-refractivity contribution in [2.75, 3.05) is 11.5 Å². The molecule has 4 N–H and O–H groups in total. The number of aliphatic carboxylic acids is 1. The van der Waals surface area contributed by atoms with Gasteiger partial charge in [-0.25, -0.2) is 14.5 Å². The van der Waals surface area contributed by atoms with E-state index in [1.807, 2.05) is 48.5 Å². The molecule has 3 heterocycles. The number of rotatable bonds is 7. The number of hydrogen-bond donors (Lipinski definition) is 4. The van der Waals surface area contributed by atoms with Gasteiger partial charge in [-0.05, 0) is 40.8 Å². The van der Waals surface area contributed by atoms with Gasteiger partial charge < -0.3 is 20.5 Å². The number of nitrogens with one attached hydrogen (secondary N) is 2. The molecule has 1 saturated heterocycles. The van der Waals surface area contributed by atoms with Crippen molar-refractivity contribution in [1.82, 2.24) is 15.2 Å². The van der Waals surface area contributed by atoms with Crippen LogP contribution in [0, 0.1) is 0 Å². The summed E-state index contributed by atoms with van der Waals surface area (Å²) >= 11 is 0. The van der Waals surface area contributed by atoms with Gasteiger partial charge in [0.15, 0.2) is 6.04 Å². The maximum absolute atomic E-state index is 14.2. The fraction of sp³-hybridized carbons (Fsp3) is 0.250. The highest BCUT2D eigenvalue weighted by atomic mass is 16.4. The maximum atomic E-state index is 14.2. The molecular formula is C32H30N4O6. The van der Waals surface area contributed by atoms with E-state index >= 15 is 0 Å². The third-order valence-electron chi connectivity index (χ3n) is 8.14. The molecule has 0 saturated carbocycles. The number of imide groups is 1. The van der Waals surface area contributed by atoms with Gasteiger partial charge in [0.05, 0.1) is 17.9 Å². The Morgan fingerprint density at radius 2 is 1.69 bits per heavy atom. The van der Waals surface area contributed by atoms with E-state index in [4.69, 9.17) is 0 Å². The quantitative estimate of drug-likeness (QED) is 0.250. The van der Waals surface area contributed by atoms with Crippen molar-refractivity contribution in [3.05, 3.63) is 101 Å². The van der Waals surface area contributed by atoms with Gasteiger partial charge in [-0.1, -0.05) is 68.4 Å². The Kier molecular flexibility index (Phi) is 6.78. The number of benzene rings is 3. The van der Waals surface area contributed by atoms with Gasteiger partial charge in [0.25, 0.3) is 11.8 Å². The average molecular weight is 567 g/mol. The Bertz CT molecular complexity index is 1730. The van der Waals surface area contributed by atoms with Gasteiger partial charge in [-0.2, -0.15) is 0 Å². The summed E-state index contributed by atoms with van der Waals surface area (Å²) < 4.78 is 0. The van der Waals surface area contributed by atoms with Crippen molar-refractivity contribution in [2.24, 2.45) is 0 Å². The fourth-order valence-corrected chi connectivity index (χ4v) is 5.99. The molecule has 0 radical (unpaired) electrons. The molecule has 42 heavy (non-hydrogen) atoms. The summed E-state index contributed by atoms with van der Waals surface area (Å²) in [6.07, 6.45) is 0.293. The van der Waals surface area contributed by atoms with Gasteiger partial charge in [0, 0.05) is 23.0 Å². The SMILES string of the molecule is CC(C)c1ccc(C2c3[nH]c4ccccc4c3CC3C(=O)N(c4ccccc4C(=O)NC(CO)C(=O)O)C(=O)N32)cc1. The lowest BCUT2D eigenvalue weighted by Gasteiger charge is -2.36. The predicted octanol–water partition coefficient (Wildman–Crippen LogP) is 3.95. The Balaban J connectivity index is 1.45. The summed E-state index contributed by atoms with van der Waals surface area (Å²) in [4.78, 5) is 59.0. The van der Waals surface area contributed by atoms with E-state index in [2.05, 4.69) is 24.1 Å². The molecule has 214 valence electrons. The topological polar surface area (TPSA) is 143 Å². The van der Waals surface area contributed by atoms with Crippen LogP contribution in [0.25, 0.3) is 10.9 Å². The van der Waals surface area contributed by atoms with Crippen LogP contribution >= 0.6 is 0 Å². The molecular weight excluding hydrogens is 536 g/mol. The summed E-state index contributed by atoms with van der Waals surface area (Å²) in [7, 11) is 0. The number of aromatic amines is 1. The molecule has 6 rings (SSSR count). The minimum absolute atomic E-state index is 0.0453. The van der Waals surface area contributed by atoms with Crippen LogP contribution < -0.4 is 10.2 Å². The number of amides is 4. The zero-order chi connectivity index (χ0) is 29.7. The van der Waals surface area contributed by atoms with E-state index in [-0.39, 0.29) is 11.3 Å². The van der Waals surface area contributed by atoms with E-state index in [9.17, 15) is 29.4 Å². The smallest absolute Gasteiger partial charge is 0.332 e. The van der Waals surface area contributed by atoms with Gasteiger partial charge in [0.1, 0.15) is 12.1 Å². The third kappa shape index (κ3) is 4.31. The van der Waals surface area contributed by atoms with E-state index in [1.165, 1.54) is 12.1 Å². The predicted molar refractivity (Wildman–Crippen MR) is 155 cm³/mol. The van der Waals surface area contributed by atoms with Crippen LogP contribution in [0.1, 0.15) is 58.5 Å². The Morgan fingerprint density at radius 1 is 1.00 bits per heavy atom. The molecule has 3 aromatic carbocycles. The number of carbonyl (C=O) groups is 4. The maximum Gasteiger partial charge on any atom is 0.332 e. The molecule has 1 aromatic heterocycles. The second-order valence-electron chi connectivity index (χ2n) is 10.9. The highest BCUT2D eigenvalue weighted by Gasteiger charge is 2.53. The molecule has 4 aromatic rings. The zero-order valence-corrected chi connectivity index (χ0v) is 23.1. The van der Waals surface area contributed by atoms with Crippen LogP contribution in [0.3, 0.4) is 0 Å². The minimum Gasteiger partial charge on any atom is -0.480 e. The van der Waals surface area contributed by atoms with Crippen molar-refractivity contribution in [3.8, 4) is 0 Å². The first kappa shape index (κ1) is 27.2. The molecule has 3 atom stereocenters. The first-order chi connectivity index (χ1) is 20.2. The number of aliphatic hydroxyl groups excluding tert-OH is 1. The van der Waals surface area contributed by atoms with Crippen LogP contribution in [0.4, 0.5) is 10.5 Å². The second-order valence-corrected chi connectivity index (χ2v) is 10.9. The van der Waals surface area contributed by atoms with Crippen LogP contribution in [0.2, 0.25) is 0 Å². The number of carboxylic acid groups (broad SMARTS) is 1. The molecule has 1 fully saturated rings. The Morgan fingerprint density at radius 3 is 2.38 bits per heavy atom. The number of urea groups is 1. The standard InChI is InChI=1S/C32H30N4O6/c1-17(2)18-11-13-19(14-12-18)28-27-22(20-7-3-5-9-23(20)33-27)15-26-30(39)36(32(42)35(26)28)25-10-6-4-8-21(25)29(38)34-24(16-37)31(40)41/h3-14,17,24,26,28,33,37H,15-16H2,1-2H3,(H,34,38)(H,40,41). The average Bonchev–Trinajstić information content (AvgIpc) is 3.48. The highest BCUT2D eigenvalue weighted by Crippen LogP contribution is 2.45. The zero-order valence-electron chi connectivity index (χ0n) is 23.1. The van der Waals surface area contributed by atoms with Crippen LogP contribution in [-0.4, -0.2) is 62.6 Å². The summed E-state index contributed by atoms with van der Waals surface area (Å²) in [6.45, 7) is 3.40. The number of nitrogens with zero attached hydrogens (tertiary/aromatic N) is 2. The fourth-order valence-electron chi connectivity index (χ4n) is 5.99. The van der Waals surface area contributed by atoms with Crippen molar-refractivity contribution < 1.29 is 29.4 Å². The van der Waals surface area contributed by atoms with Crippen molar-refractivity contribution in [3.63, 3.8) is 0 Å². The van der Waals surface area contributed by atoms with Gasteiger partial charge in [-0.15, -0.1) is 0 Å². The number of fused-ring (bicyclic) bond motifs is 4. The first-order valence-corrected chi connectivity index (χ1v) is 13.8. The molecule has 3 unspecified atom stereocenters. The molecule has 0 aliphatic carbocycles. The summed E-state index contributed by atoms with van der Waals surface area (Å²) in [5, 5.41) is 21.9. The third-order valence-corrected chi connectivity index (χ3v) is 8.14. The largest absolute Gasteiger partial charge is 0.480 e. The molecule has 4 amide bonds. The minimum atomic E-state index is -1.54. The lowest BCUT2D eigenvalue weighted by atomic mass is 9.88. The van der Waals surface area contributed by atoms with E-state index in [0.717, 1.165) is 38.2 Å². The van der Waals surface area contributed by atoms with Crippen molar-refractivity contribution in [1.29, 1.82) is 0 Å². The number of H-pyrrole nitrogens is 1. The summed E-state index contributed by atoms with van der Waals surface area (Å²) in [6, 6.07) is 18.4. The number of aliphatic hydroxyl groups is 1. The van der Waals surface area contributed by atoms with Crippen LogP contribution in [0.15, 0.2) is 72.8 Å². The monoisotopic (exact) mass is 566 g/mol. The highest BCUT2D eigenvalue weighted by molar-refractivity contribution is 6.24. The molecule has 10 nitrogen and oxygen atoms in total. The van der Waals surface area contributed by atoms with Crippen molar-refractivity contribution >= 4 is 40.4 Å². The van der Waals surface area contributed by atoms with Gasteiger partial charge >= 0.3 is 12.0 Å². The van der Waals surface area contributed by atoms with Gasteiger partial charge in [-0.3, -0.25) is 14.5 Å². The number of hydrogen-bond acceptors (Lipinski definition) is 5. The number of anilines is 1. The first-order valence-electron chi connectivity index (χ1n) is 13.8. The lowest BCUT2D eigenvalue weighted by molar-refractivity contribution is -0.140. The molecule has 2 aliphatic heterocycles. The number of carboxylic acids is 1. The molecule has 10 heteroatoms. The molecule has 0 spiro atoms. The van der Waals surface area contributed by atoms with Crippen LogP contribution in [0.5, 0.6) is 0 Å². The van der Waals surface area contributed by atoms with Gasteiger partial charge in [0.2, 0.25) is 0 Å². The Labute approximate surface area is 241 Å². The lowest BCUT2D eigenvalue weighted by Crippen LogP contribution is -2.44. The molecule has 2 aliphatic rings. The second kappa shape index (κ2) is 10.5. The van der Waals surface area contributed by atoms with E-state index in [0.29, 0.717) is 12.3 Å². The number of aromatic nitrogens is 1. The summed E-state index contributed by atoms with van der Waals surface area (Å²) in [5.74, 6) is -2.39. The number of carbonyl (C=O) groups excluding carboxylic acids is 3. The summed E-state index contributed by atoms with van der Waals surface area (Å²) in [5.41, 5.74) is 4.71. The van der Waals surface area contributed by atoms with E-state index in [1.54, 1.807) is 17.0 Å². The van der Waals surface area contributed by atoms with E-state index < -0.39 is 48.5 Å². The Hall–Kier alpha value is -4.96. The molecule has 0 bridgehead atoms. The van der Waals surface area contributed by atoms with Crippen LogP contribution in [-0.2, 0) is 16.0 Å². The van der Waals surface area contributed by atoms with Crippen molar-refractivity contribution in [2.45, 2.75) is 44.3 Å². The number of para-hydroxylation sites is 2. The normalized spacial score (nSPS) is 18.8.